The van der Waals surface area contributed by atoms with Crippen LogP contribution in [0.4, 0.5) is 4.39 Å². The van der Waals surface area contributed by atoms with Crippen molar-refractivity contribution >= 4 is 5.97 Å². The fraction of sp³-hybridized carbons (Fsp3) is 0.364. The molecule has 0 saturated carbocycles. The maximum absolute atomic E-state index is 13.5. The summed E-state index contributed by atoms with van der Waals surface area (Å²) in [4.78, 5) is 11.3. The first kappa shape index (κ1) is 12.4. The molecule has 1 rings (SSSR count). The SMILES string of the molecule is COC(=O)c1ccc(OC)c(C(F)CN)c1. The lowest BCUT2D eigenvalue weighted by Crippen LogP contribution is -2.10. The minimum absolute atomic E-state index is 0.166. The van der Waals surface area contributed by atoms with Crippen molar-refractivity contribution in [3.63, 3.8) is 0 Å². The maximum Gasteiger partial charge on any atom is 0.337 e. The number of esters is 1. The number of rotatable bonds is 4. The van der Waals surface area contributed by atoms with E-state index in [1.807, 2.05) is 0 Å². The highest BCUT2D eigenvalue weighted by Crippen LogP contribution is 2.28. The number of carbonyl (C=O) groups is 1. The van der Waals surface area contributed by atoms with Gasteiger partial charge in [-0.2, -0.15) is 0 Å². The van der Waals surface area contributed by atoms with E-state index in [1.54, 1.807) is 0 Å². The molecule has 0 bridgehead atoms. The minimum atomic E-state index is -1.36. The van der Waals surface area contributed by atoms with Gasteiger partial charge in [0.15, 0.2) is 0 Å². The predicted molar refractivity (Wildman–Crippen MR) is 57.2 cm³/mol. The van der Waals surface area contributed by atoms with Gasteiger partial charge in [0.1, 0.15) is 11.9 Å². The summed E-state index contributed by atoms with van der Waals surface area (Å²) in [5, 5.41) is 0. The fourth-order valence-electron chi connectivity index (χ4n) is 1.35. The number of methoxy groups -OCH3 is 2. The van der Waals surface area contributed by atoms with E-state index in [-0.39, 0.29) is 17.7 Å². The molecule has 0 spiro atoms. The Hall–Kier alpha value is -1.62. The number of carbonyl (C=O) groups excluding carboxylic acids is 1. The molecule has 0 heterocycles. The van der Waals surface area contributed by atoms with Gasteiger partial charge in [0.25, 0.3) is 0 Å². The van der Waals surface area contributed by atoms with Crippen molar-refractivity contribution in [2.75, 3.05) is 20.8 Å². The van der Waals surface area contributed by atoms with Crippen molar-refractivity contribution in [2.45, 2.75) is 6.17 Å². The molecule has 0 amide bonds. The van der Waals surface area contributed by atoms with E-state index >= 15 is 0 Å². The third-order valence-corrected chi connectivity index (χ3v) is 2.20. The van der Waals surface area contributed by atoms with Gasteiger partial charge < -0.3 is 15.2 Å². The number of hydrogen-bond acceptors (Lipinski definition) is 4. The summed E-state index contributed by atoms with van der Waals surface area (Å²) in [5.74, 6) is -0.154. The van der Waals surface area contributed by atoms with Crippen molar-refractivity contribution in [3.8, 4) is 5.75 Å². The van der Waals surface area contributed by atoms with Crippen molar-refractivity contribution in [3.05, 3.63) is 29.3 Å². The van der Waals surface area contributed by atoms with E-state index in [1.165, 1.54) is 32.4 Å². The molecule has 4 nitrogen and oxygen atoms in total. The molecule has 16 heavy (non-hydrogen) atoms. The number of nitrogens with two attached hydrogens (primary N) is 1. The van der Waals surface area contributed by atoms with Crippen LogP contribution >= 0.6 is 0 Å². The first-order valence-electron chi connectivity index (χ1n) is 4.74. The Bertz CT molecular complexity index is 381. The summed E-state index contributed by atoms with van der Waals surface area (Å²) in [5.41, 5.74) is 5.77. The Kier molecular flexibility index (Phi) is 4.25. The average molecular weight is 227 g/mol. The van der Waals surface area contributed by atoms with Crippen LogP contribution in [0.3, 0.4) is 0 Å². The van der Waals surface area contributed by atoms with Crippen LogP contribution in [0.2, 0.25) is 0 Å². The van der Waals surface area contributed by atoms with Gasteiger partial charge in [-0.15, -0.1) is 0 Å². The van der Waals surface area contributed by atoms with Gasteiger partial charge >= 0.3 is 5.97 Å². The van der Waals surface area contributed by atoms with E-state index in [2.05, 4.69) is 4.74 Å². The van der Waals surface area contributed by atoms with Gasteiger partial charge in [0, 0.05) is 12.1 Å². The van der Waals surface area contributed by atoms with E-state index < -0.39 is 12.1 Å². The summed E-state index contributed by atoms with van der Waals surface area (Å²) in [7, 11) is 2.70. The van der Waals surface area contributed by atoms with Crippen LogP contribution in [0, 0.1) is 0 Å². The van der Waals surface area contributed by atoms with Crippen LogP contribution in [0.25, 0.3) is 0 Å². The van der Waals surface area contributed by atoms with Crippen LogP contribution in [-0.2, 0) is 4.74 Å². The van der Waals surface area contributed by atoms with E-state index in [9.17, 15) is 9.18 Å². The lowest BCUT2D eigenvalue weighted by molar-refractivity contribution is 0.0600. The van der Waals surface area contributed by atoms with Gasteiger partial charge in [-0.05, 0) is 18.2 Å². The quantitative estimate of drug-likeness (QED) is 0.791. The van der Waals surface area contributed by atoms with Crippen molar-refractivity contribution in [1.29, 1.82) is 0 Å². The van der Waals surface area contributed by atoms with Crippen LogP contribution in [0.1, 0.15) is 22.1 Å². The summed E-state index contributed by atoms with van der Waals surface area (Å²) in [6.07, 6.45) is -1.36. The monoisotopic (exact) mass is 227 g/mol. The first-order chi connectivity index (χ1) is 7.63. The highest BCUT2D eigenvalue weighted by atomic mass is 19.1. The molecular formula is C11H14FNO3. The summed E-state index contributed by atoms with van der Waals surface area (Å²) >= 11 is 0. The molecule has 1 atom stereocenters. The average Bonchev–Trinajstić information content (AvgIpc) is 2.35. The standard InChI is InChI=1S/C11H14FNO3/c1-15-10-4-3-7(11(14)16-2)5-8(10)9(12)6-13/h3-5,9H,6,13H2,1-2H3. The van der Waals surface area contributed by atoms with Gasteiger partial charge in [-0.3, -0.25) is 0 Å². The van der Waals surface area contributed by atoms with Gasteiger partial charge in [0.2, 0.25) is 0 Å². The number of ether oxygens (including phenoxy) is 2. The van der Waals surface area contributed by atoms with Crippen molar-refractivity contribution in [2.24, 2.45) is 5.73 Å². The van der Waals surface area contributed by atoms with Crippen LogP contribution in [-0.4, -0.2) is 26.7 Å². The zero-order valence-electron chi connectivity index (χ0n) is 9.20. The third kappa shape index (κ3) is 2.49. The second-order valence-electron chi connectivity index (χ2n) is 3.15. The largest absolute Gasteiger partial charge is 0.496 e. The summed E-state index contributed by atoms with van der Waals surface area (Å²) < 4.78 is 23.0. The Labute approximate surface area is 93.2 Å². The van der Waals surface area contributed by atoms with E-state index in [4.69, 9.17) is 10.5 Å². The molecule has 0 aromatic heterocycles. The summed E-state index contributed by atoms with van der Waals surface area (Å²) in [6.45, 7) is -0.166. The molecule has 88 valence electrons. The molecule has 0 radical (unpaired) electrons. The second-order valence-corrected chi connectivity index (χ2v) is 3.15. The molecule has 1 aromatic rings. The second kappa shape index (κ2) is 5.46. The molecule has 2 N–H and O–H groups in total. The number of halogens is 1. The molecule has 0 saturated heterocycles. The lowest BCUT2D eigenvalue weighted by Gasteiger charge is -2.12. The Balaban J connectivity index is 3.15. The van der Waals surface area contributed by atoms with Crippen LogP contribution < -0.4 is 10.5 Å². The number of benzene rings is 1. The van der Waals surface area contributed by atoms with Gasteiger partial charge in [-0.1, -0.05) is 0 Å². The normalized spacial score (nSPS) is 12.0. The maximum atomic E-state index is 13.5. The Morgan fingerprint density at radius 1 is 1.50 bits per heavy atom. The third-order valence-electron chi connectivity index (χ3n) is 2.20. The molecule has 0 aliphatic heterocycles. The fourth-order valence-corrected chi connectivity index (χ4v) is 1.35. The zero-order chi connectivity index (χ0) is 12.1. The molecule has 0 aliphatic carbocycles. The van der Waals surface area contributed by atoms with Gasteiger partial charge in [-0.25, -0.2) is 9.18 Å². The van der Waals surface area contributed by atoms with Crippen molar-refractivity contribution in [1.82, 2.24) is 0 Å². The summed E-state index contributed by atoms with van der Waals surface area (Å²) in [6, 6.07) is 4.42. The number of hydrogen-bond donors (Lipinski definition) is 1. The van der Waals surface area contributed by atoms with Crippen molar-refractivity contribution < 1.29 is 18.7 Å². The molecule has 5 heteroatoms. The van der Waals surface area contributed by atoms with Gasteiger partial charge in [0.05, 0.1) is 19.8 Å². The Morgan fingerprint density at radius 3 is 2.69 bits per heavy atom. The molecule has 0 fully saturated rings. The lowest BCUT2D eigenvalue weighted by atomic mass is 10.1. The zero-order valence-corrected chi connectivity index (χ0v) is 9.20. The smallest absolute Gasteiger partial charge is 0.337 e. The molecule has 0 aliphatic rings. The van der Waals surface area contributed by atoms with E-state index in [0.717, 1.165) is 0 Å². The Morgan fingerprint density at radius 2 is 2.19 bits per heavy atom. The highest BCUT2D eigenvalue weighted by Gasteiger charge is 2.16. The highest BCUT2D eigenvalue weighted by molar-refractivity contribution is 5.89. The predicted octanol–water partition coefficient (Wildman–Crippen LogP) is 1.45. The molecule has 1 aromatic carbocycles. The minimum Gasteiger partial charge on any atom is -0.496 e. The topological polar surface area (TPSA) is 61.5 Å². The molecular weight excluding hydrogens is 213 g/mol. The van der Waals surface area contributed by atoms with E-state index in [0.29, 0.717) is 5.75 Å². The number of alkyl halides is 1. The molecule has 1 unspecified atom stereocenters. The van der Waals surface area contributed by atoms with Crippen LogP contribution in [0.15, 0.2) is 18.2 Å². The first-order valence-corrected chi connectivity index (χ1v) is 4.74. The van der Waals surface area contributed by atoms with Crippen LogP contribution in [0.5, 0.6) is 5.75 Å².